The molecule has 4 atom stereocenters. The Kier molecular flexibility index (Phi) is 16.2. The molecule has 0 nitrogen and oxygen atoms in total. The lowest BCUT2D eigenvalue weighted by Crippen LogP contribution is -2.02. The lowest BCUT2D eigenvalue weighted by molar-refractivity contribution is 0.366. The van der Waals surface area contributed by atoms with Crippen molar-refractivity contribution in [3.63, 3.8) is 0 Å². The molecule has 0 heteroatoms. The maximum Gasteiger partial charge on any atom is -0.0443 e. The lowest BCUT2D eigenvalue weighted by atomic mass is 9.90. The van der Waals surface area contributed by atoms with E-state index in [0.29, 0.717) is 0 Å². The fraction of sp³-hybridized carbons (Fsp3) is 1.00. The Hall–Kier alpha value is 0. The summed E-state index contributed by atoms with van der Waals surface area (Å²) in [4.78, 5) is 0. The van der Waals surface area contributed by atoms with Crippen molar-refractivity contribution >= 4 is 0 Å². The highest BCUT2D eigenvalue weighted by Gasteiger charge is 2.08. The third-order valence-corrected chi connectivity index (χ3v) is 6.36. The molecule has 0 aromatic heterocycles. The molecule has 0 spiro atoms. The molecule has 0 fully saturated rings. The molecule has 0 radical (unpaired) electrons. The van der Waals surface area contributed by atoms with Crippen LogP contribution < -0.4 is 0 Å². The summed E-state index contributed by atoms with van der Waals surface area (Å²) >= 11 is 0. The van der Waals surface area contributed by atoms with Crippen LogP contribution >= 0.6 is 0 Å². The van der Waals surface area contributed by atoms with Gasteiger partial charge in [-0.25, -0.2) is 0 Å². The second-order valence-electron chi connectivity index (χ2n) is 9.95. The average Bonchev–Trinajstić information content (AvgIpc) is 2.54. The monoisotopic (exact) mass is 352 g/mol. The first-order valence-corrected chi connectivity index (χ1v) is 11.8. The third-order valence-electron chi connectivity index (χ3n) is 6.36. The Labute approximate surface area is 161 Å². The van der Waals surface area contributed by atoms with Gasteiger partial charge in [-0.15, -0.1) is 0 Å². The molecular weight excluding hydrogens is 300 g/mol. The smallest absolute Gasteiger partial charge is 0.0443 e. The SMILES string of the molecule is CC[C@H](C)CCC[C@H](C)CCCC(C)CCC[C@H](C)CCCC(C)C. The maximum absolute atomic E-state index is 2.48. The number of hydrogen-bond donors (Lipinski definition) is 0. The number of rotatable bonds is 17. The first kappa shape index (κ1) is 25.0. The quantitative estimate of drug-likeness (QED) is 0.244. The van der Waals surface area contributed by atoms with E-state index in [9.17, 15) is 0 Å². The Morgan fingerprint density at radius 1 is 0.400 bits per heavy atom. The first-order chi connectivity index (χ1) is 11.8. The molecule has 0 aliphatic rings. The summed E-state index contributed by atoms with van der Waals surface area (Å²) < 4.78 is 0. The van der Waals surface area contributed by atoms with Crippen LogP contribution in [0.3, 0.4) is 0 Å². The topological polar surface area (TPSA) is 0 Å². The molecule has 0 aliphatic carbocycles. The third kappa shape index (κ3) is 17.2. The zero-order valence-corrected chi connectivity index (χ0v) is 19.1. The average molecular weight is 353 g/mol. The molecule has 0 rings (SSSR count). The highest BCUT2D eigenvalue weighted by Crippen LogP contribution is 2.23. The van der Waals surface area contributed by atoms with Crippen LogP contribution in [0.15, 0.2) is 0 Å². The van der Waals surface area contributed by atoms with Gasteiger partial charge >= 0.3 is 0 Å². The summed E-state index contributed by atoms with van der Waals surface area (Å²) in [5.41, 5.74) is 0. The summed E-state index contributed by atoms with van der Waals surface area (Å²) in [6.07, 6.45) is 18.7. The molecule has 0 saturated heterocycles. The van der Waals surface area contributed by atoms with Gasteiger partial charge in [0.05, 0.1) is 0 Å². The van der Waals surface area contributed by atoms with Gasteiger partial charge in [0.25, 0.3) is 0 Å². The second kappa shape index (κ2) is 16.2. The molecule has 25 heavy (non-hydrogen) atoms. The van der Waals surface area contributed by atoms with Crippen molar-refractivity contribution < 1.29 is 0 Å². The molecule has 0 amide bonds. The lowest BCUT2D eigenvalue weighted by Gasteiger charge is -2.16. The minimum atomic E-state index is 0.879. The van der Waals surface area contributed by atoms with Crippen molar-refractivity contribution in [2.24, 2.45) is 29.6 Å². The van der Waals surface area contributed by atoms with Crippen molar-refractivity contribution in [1.82, 2.24) is 0 Å². The van der Waals surface area contributed by atoms with Gasteiger partial charge in [0.2, 0.25) is 0 Å². The summed E-state index contributed by atoms with van der Waals surface area (Å²) in [6.45, 7) is 16.8. The van der Waals surface area contributed by atoms with Crippen LogP contribution in [-0.2, 0) is 0 Å². The van der Waals surface area contributed by atoms with Gasteiger partial charge in [-0.3, -0.25) is 0 Å². The molecule has 0 aromatic carbocycles. The highest BCUT2D eigenvalue weighted by molar-refractivity contribution is 4.61. The van der Waals surface area contributed by atoms with Crippen molar-refractivity contribution in [1.29, 1.82) is 0 Å². The minimum Gasteiger partial charge on any atom is -0.0651 e. The van der Waals surface area contributed by atoms with E-state index in [1.165, 1.54) is 83.5 Å². The fourth-order valence-electron chi connectivity index (χ4n) is 3.96. The largest absolute Gasteiger partial charge is 0.0651 e. The summed E-state index contributed by atoms with van der Waals surface area (Å²) in [5, 5.41) is 0. The van der Waals surface area contributed by atoms with Crippen LogP contribution in [0, 0.1) is 29.6 Å². The van der Waals surface area contributed by atoms with E-state index in [1.807, 2.05) is 0 Å². The van der Waals surface area contributed by atoms with Crippen LogP contribution in [0.25, 0.3) is 0 Å². The Morgan fingerprint density at radius 2 is 0.680 bits per heavy atom. The Balaban J connectivity index is 3.52. The molecule has 0 aromatic rings. The molecule has 0 heterocycles. The zero-order chi connectivity index (χ0) is 19.1. The second-order valence-corrected chi connectivity index (χ2v) is 9.95. The zero-order valence-electron chi connectivity index (χ0n) is 19.1. The van der Waals surface area contributed by atoms with Crippen LogP contribution in [0.1, 0.15) is 132 Å². The van der Waals surface area contributed by atoms with Crippen molar-refractivity contribution in [2.45, 2.75) is 132 Å². The molecular formula is C25H52. The van der Waals surface area contributed by atoms with Gasteiger partial charge in [-0.05, 0) is 29.6 Å². The predicted octanol–water partition coefficient (Wildman–Crippen LogP) is 9.28. The maximum atomic E-state index is 2.48. The van der Waals surface area contributed by atoms with Crippen LogP contribution in [-0.4, -0.2) is 0 Å². The van der Waals surface area contributed by atoms with E-state index < -0.39 is 0 Å². The van der Waals surface area contributed by atoms with Crippen molar-refractivity contribution in [2.75, 3.05) is 0 Å². The van der Waals surface area contributed by atoms with Gasteiger partial charge in [0.15, 0.2) is 0 Å². The van der Waals surface area contributed by atoms with E-state index in [0.717, 1.165) is 29.6 Å². The van der Waals surface area contributed by atoms with E-state index in [2.05, 4.69) is 48.5 Å². The van der Waals surface area contributed by atoms with Crippen molar-refractivity contribution in [3.05, 3.63) is 0 Å². The molecule has 0 aliphatic heterocycles. The van der Waals surface area contributed by atoms with E-state index in [4.69, 9.17) is 0 Å². The van der Waals surface area contributed by atoms with E-state index >= 15 is 0 Å². The highest BCUT2D eigenvalue weighted by atomic mass is 14.1. The Morgan fingerprint density at radius 3 is 0.960 bits per heavy atom. The molecule has 0 N–H and O–H groups in total. The van der Waals surface area contributed by atoms with E-state index in [1.54, 1.807) is 0 Å². The van der Waals surface area contributed by atoms with Gasteiger partial charge < -0.3 is 0 Å². The minimum absolute atomic E-state index is 0.879. The van der Waals surface area contributed by atoms with Gasteiger partial charge in [-0.1, -0.05) is 132 Å². The first-order valence-electron chi connectivity index (χ1n) is 11.8. The van der Waals surface area contributed by atoms with Gasteiger partial charge in [-0.2, -0.15) is 0 Å². The molecule has 152 valence electrons. The summed E-state index contributed by atoms with van der Waals surface area (Å²) in [6, 6.07) is 0. The van der Waals surface area contributed by atoms with E-state index in [-0.39, 0.29) is 0 Å². The summed E-state index contributed by atoms with van der Waals surface area (Å²) in [5.74, 6) is 4.63. The van der Waals surface area contributed by atoms with Crippen LogP contribution in [0.2, 0.25) is 0 Å². The number of hydrogen-bond acceptors (Lipinski definition) is 0. The molecule has 1 unspecified atom stereocenters. The normalized spacial score (nSPS) is 16.8. The van der Waals surface area contributed by atoms with Gasteiger partial charge in [0.1, 0.15) is 0 Å². The standard InChI is InChI=1S/C25H52/c1-8-22(4)14-10-16-24(6)18-12-20-25(7)19-11-17-23(5)15-9-13-21(2)3/h21-25H,8-20H2,1-7H3/t22-,23+,24-,25?/m0/s1. The molecule has 0 bridgehead atoms. The van der Waals surface area contributed by atoms with Crippen molar-refractivity contribution in [3.8, 4) is 0 Å². The Bertz CT molecular complexity index is 267. The fourth-order valence-corrected chi connectivity index (χ4v) is 3.96. The van der Waals surface area contributed by atoms with Crippen LogP contribution in [0.4, 0.5) is 0 Å². The predicted molar refractivity (Wildman–Crippen MR) is 117 cm³/mol. The van der Waals surface area contributed by atoms with Gasteiger partial charge in [0, 0.05) is 0 Å². The summed E-state index contributed by atoms with van der Waals surface area (Å²) in [7, 11) is 0. The van der Waals surface area contributed by atoms with Crippen LogP contribution in [0.5, 0.6) is 0 Å². The molecule has 0 saturated carbocycles.